The molecule has 0 aliphatic heterocycles. The fourth-order valence-corrected chi connectivity index (χ4v) is 1.15. The molecule has 0 fully saturated rings. The fraction of sp³-hybridized carbons (Fsp3) is 0.200. The molecule has 1 rings (SSSR count). The number of carbonyl (C=O) groups excluding carboxylic acids is 2. The molecule has 0 aliphatic rings. The van der Waals surface area contributed by atoms with Gasteiger partial charge in [-0.1, -0.05) is 0 Å². The molecule has 8 nitrogen and oxygen atoms in total. The Bertz CT molecular complexity index is 520. The van der Waals surface area contributed by atoms with Gasteiger partial charge in [-0.05, 0) is 12.1 Å². The summed E-state index contributed by atoms with van der Waals surface area (Å²) in [5.74, 6) is -1.40. The molecule has 9 heteroatoms. The molecule has 0 heterocycles. The predicted molar refractivity (Wildman–Crippen MR) is 64.1 cm³/mol. The monoisotopic (exact) mass is 270 g/mol. The van der Waals surface area contributed by atoms with Gasteiger partial charge in [-0.25, -0.2) is 4.79 Å². The van der Waals surface area contributed by atoms with E-state index in [1.165, 1.54) is 13.1 Å². The number of halogens is 1. The van der Waals surface area contributed by atoms with Gasteiger partial charge in [-0.15, -0.1) is 0 Å². The van der Waals surface area contributed by atoms with E-state index in [2.05, 4.69) is 16.0 Å². The number of likely N-dealkylation sites (N-methyl/N-ethyl adjacent to an activating group) is 1. The molecule has 0 spiro atoms. The first-order chi connectivity index (χ1) is 8.93. The molecule has 19 heavy (non-hydrogen) atoms. The third kappa shape index (κ3) is 4.22. The first-order valence-electron chi connectivity index (χ1n) is 5.13. The topological polar surface area (TPSA) is 113 Å². The molecule has 1 aromatic carbocycles. The molecule has 0 atom stereocenters. The Kier molecular flexibility index (Phi) is 4.75. The van der Waals surface area contributed by atoms with Gasteiger partial charge in [0.1, 0.15) is 0 Å². The van der Waals surface area contributed by atoms with Crippen molar-refractivity contribution in [1.29, 1.82) is 0 Å². The zero-order valence-corrected chi connectivity index (χ0v) is 9.90. The van der Waals surface area contributed by atoms with Gasteiger partial charge in [0, 0.05) is 18.8 Å². The number of nitro groups is 1. The largest absolute Gasteiger partial charge is 0.358 e. The number of benzene rings is 1. The summed E-state index contributed by atoms with van der Waals surface area (Å²) in [5, 5.41) is 17.3. The number of hydrogen-bond acceptors (Lipinski definition) is 4. The van der Waals surface area contributed by atoms with Crippen molar-refractivity contribution in [1.82, 2.24) is 10.6 Å². The van der Waals surface area contributed by atoms with Crippen LogP contribution in [0, 0.1) is 15.9 Å². The first-order valence-corrected chi connectivity index (χ1v) is 5.13. The predicted octanol–water partition coefficient (Wildman–Crippen LogP) is 0.601. The number of nitro benzene ring substituents is 1. The van der Waals surface area contributed by atoms with Crippen LogP contribution in [0.15, 0.2) is 18.2 Å². The molecule has 3 amide bonds. The van der Waals surface area contributed by atoms with Crippen LogP contribution in [0.2, 0.25) is 0 Å². The standard InChI is InChI=1S/C10H11FN4O4/c1-12-9(16)5-13-10(17)14-6-2-3-7(11)8(4-6)15(18)19/h2-4H,5H2,1H3,(H,12,16)(H2,13,14,17). The molecule has 3 N–H and O–H groups in total. The smallest absolute Gasteiger partial charge is 0.319 e. The van der Waals surface area contributed by atoms with Crippen LogP contribution in [0.1, 0.15) is 0 Å². The maximum Gasteiger partial charge on any atom is 0.319 e. The van der Waals surface area contributed by atoms with Crippen molar-refractivity contribution in [3.8, 4) is 0 Å². The van der Waals surface area contributed by atoms with Crippen LogP contribution in [0.5, 0.6) is 0 Å². The van der Waals surface area contributed by atoms with Crippen LogP contribution in [-0.4, -0.2) is 30.5 Å². The average Bonchev–Trinajstić information content (AvgIpc) is 2.37. The highest BCUT2D eigenvalue weighted by atomic mass is 19.1. The third-order valence-electron chi connectivity index (χ3n) is 2.09. The maximum atomic E-state index is 13.0. The lowest BCUT2D eigenvalue weighted by Crippen LogP contribution is -2.37. The molecule has 1 aromatic rings. The van der Waals surface area contributed by atoms with Crippen molar-refractivity contribution >= 4 is 23.3 Å². The molecule has 0 bridgehead atoms. The minimum absolute atomic E-state index is 0.0440. The van der Waals surface area contributed by atoms with Gasteiger partial charge in [0.15, 0.2) is 0 Å². The zero-order valence-electron chi connectivity index (χ0n) is 9.90. The van der Waals surface area contributed by atoms with E-state index in [0.29, 0.717) is 0 Å². The summed E-state index contributed by atoms with van der Waals surface area (Å²) in [6.45, 7) is -0.244. The van der Waals surface area contributed by atoms with Crippen LogP contribution < -0.4 is 16.0 Å². The molecule has 0 aliphatic carbocycles. The zero-order chi connectivity index (χ0) is 14.4. The lowest BCUT2D eigenvalue weighted by Gasteiger charge is -2.06. The number of rotatable bonds is 4. The highest BCUT2D eigenvalue weighted by molar-refractivity contribution is 5.92. The van der Waals surface area contributed by atoms with Crippen molar-refractivity contribution in [2.45, 2.75) is 0 Å². The lowest BCUT2D eigenvalue weighted by molar-refractivity contribution is -0.387. The highest BCUT2D eigenvalue weighted by Crippen LogP contribution is 2.21. The molecule has 102 valence electrons. The van der Waals surface area contributed by atoms with Gasteiger partial charge in [0.25, 0.3) is 0 Å². The quantitative estimate of drug-likeness (QED) is 0.549. The van der Waals surface area contributed by atoms with Crippen LogP contribution in [0.3, 0.4) is 0 Å². The SMILES string of the molecule is CNC(=O)CNC(=O)Nc1ccc(F)c([N+](=O)[O-])c1. The van der Waals surface area contributed by atoms with Crippen molar-refractivity contribution < 1.29 is 18.9 Å². The summed E-state index contributed by atoms with van der Waals surface area (Å²) in [7, 11) is 1.41. The summed E-state index contributed by atoms with van der Waals surface area (Å²) in [6.07, 6.45) is 0. The van der Waals surface area contributed by atoms with Gasteiger partial charge in [-0.2, -0.15) is 4.39 Å². The second-order valence-electron chi connectivity index (χ2n) is 3.40. The van der Waals surface area contributed by atoms with Crippen LogP contribution in [0.25, 0.3) is 0 Å². The minimum Gasteiger partial charge on any atom is -0.358 e. The summed E-state index contributed by atoms with van der Waals surface area (Å²) >= 11 is 0. The third-order valence-corrected chi connectivity index (χ3v) is 2.09. The van der Waals surface area contributed by atoms with Gasteiger partial charge in [0.2, 0.25) is 11.7 Å². The highest BCUT2D eigenvalue weighted by Gasteiger charge is 2.15. The number of nitrogens with zero attached hydrogens (tertiary/aromatic N) is 1. The summed E-state index contributed by atoms with van der Waals surface area (Å²) < 4.78 is 13.0. The Morgan fingerprint density at radius 1 is 1.42 bits per heavy atom. The van der Waals surface area contributed by atoms with Gasteiger partial charge in [-0.3, -0.25) is 14.9 Å². The number of carbonyl (C=O) groups is 2. The van der Waals surface area contributed by atoms with E-state index in [1.807, 2.05) is 0 Å². The minimum atomic E-state index is -0.999. The van der Waals surface area contributed by atoms with Crippen LogP contribution in [-0.2, 0) is 4.79 Å². The molecule has 0 aromatic heterocycles. The number of amides is 3. The summed E-state index contributed by atoms with van der Waals surface area (Å²) in [4.78, 5) is 31.8. The van der Waals surface area contributed by atoms with Gasteiger partial charge in [0.05, 0.1) is 11.5 Å². The number of nitrogens with one attached hydrogen (secondary N) is 3. The lowest BCUT2D eigenvalue weighted by atomic mass is 10.2. The second-order valence-corrected chi connectivity index (χ2v) is 3.40. The van der Waals surface area contributed by atoms with Crippen molar-refractivity contribution in [2.75, 3.05) is 18.9 Å². The Balaban J connectivity index is 2.67. The summed E-state index contributed by atoms with van der Waals surface area (Å²) in [5.41, 5.74) is -0.702. The average molecular weight is 270 g/mol. The van der Waals surface area contributed by atoms with Gasteiger partial charge < -0.3 is 16.0 Å². The molecule has 0 unspecified atom stereocenters. The molecular weight excluding hydrogens is 259 g/mol. The molecule has 0 saturated heterocycles. The van der Waals surface area contributed by atoms with Crippen LogP contribution in [0.4, 0.5) is 20.6 Å². The van der Waals surface area contributed by atoms with E-state index in [0.717, 1.165) is 12.1 Å². The van der Waals surface area contributed by atoms with Crippen molar-refractivity contribution in [2.24, 2.45) is 0 Å². The van der Waals surface area contributed by atoms with E-state index >= 15 is 0 Å². The maximum absolute atomic E-state index is 13.0. The Morgan fingerprint density at radius 2 is 2.11 bits per heavy atom. The van der Waals surface area contributed by atoms with Gasteiger partial charge >= 0.3 is 11.7 Å². The number of anilines is 1. The molecule has 0 saturated carbocycles. The first kappa shape index (κ1) is 14.4. The number of hydrogen-bond donors (Lipinski definition) is 3. The fourth-order valence-electron chi connectivity index (χ4n) is 1.15. The van der Waals surface area contributed by atoms with Crippen molar-refractivity contribution in [3.05, 3.63) is 34.1 Å². The van der Waals surface area contributed by atoms with E-state index in [9.17, 15) is 24.1 Å². The summed E-state index contributed by atoms with van der Waals surface area (Å²) in [6, 6.07) is 2.19. The van der Waals surface area contributed by atoms with Crippen molar-refractivity contribution in [3.63, 3.8) is 0 Å². The Hall–Kier alpha value is -2.71. The van der Waals surface area contributed by atoms with E-state index in [-0.39, 0.29) is 12.2 Å². The van der Waals surface area contributed by atoms with E-state index < -0.39 is 28.4 Å². The number of urea groups is 1. The normalized spacial score (nSPS) is 9.58. The second kappa shape index (κ2) is 6.28. The molecular formula is C10H11FN4O4. The molecule has 0 radical (unpaired) electrons. The van der Waals surface area contributed by atoms with E-state index in [4.69, 9.17) is 0 Å². The van der Waals surface area contributed by atoms with Crippen LogP contribution >= 0.6 is 0 Å². The Labute approximate surface area is 107 Å². The van der Waals surface area contributed by atoms with E-state index in [1.54, 1.807) is 0 Å². The Morgan fingerprint density at radius 3 is 2.68 bits per heavy atom.